The molecule has 4 aromatic rings. The van der Waals surface area contributed by atoms with E-state index in [1.54, 1.807) is 49.5 Å². The van der Waals surface area contributed by atoms with Gasteiger partial charge in [0, 0.05) is 30.1 Å². The molecular formula is C24H19F3N6O2. The van der Waals surface area contributed by atoms with E-state index in [1.165, 1.54) is 23.9 Å². The molecule has 0 saturated heterocycles. The van der Waals surface area contributed by atoms with Crippen LogP contribution < -0.4 is 0 Å². The van der Waals surface area contributed by atoms with Crippen molar-refractivity contribution in [1.82, 2.24) is 24.8 Å². The van der Waals surface area contributed by atoms with Gasteiger partial charge in [0.1, 0.15) is 0 Å². The summed E-state index contributed by atoms with van der Waals surface area (Å²) in [4.78, 5) is 22.4. The van der Waals surface area contributed by atoms with Gasteiger partial charge >= 0.3 is 6.18 Å². The van der Waals surface area contributed by atoms with Gasteiger partial charge in [-0.05, 0) is 44.2 Å². The molecule has 1 aromatic carbocycles. The summed E-state index contributed by atoms with van der Waals surface area (Å²) in [7, 11) is 0. The molecule has 3 aromatic heterocycles. The molecule has 1 amide bonds. The van der Waals surface area contributed by atoms with Gasteiger partial charge in [-0.2, -0.15) is 28.4 Å². The average molecular weight is 480 g/mol. The number of amides is 1. The van der Waals surface area contributed by atoms with E-state index < -0.39 is 24.2 Å². The molecule has 1 aliphatic rings. The minimum atomic E-state index is -5.12. The zero-order valence-electron chi connectivity index (χ0n) is 18.7. The molecule has 0 radical (unpaired) electrons. The van der Waals surface area contributed by atoms with Crippen molar-refractivity contribution >= 4 is 22.7 Å². The van der Waals surface area contributed by atoms with Gasteiger partial charge in [0.25, 0.3) is 11.6 Å². The third-order valence-corrected chi connectivity index (χ3v) is 5.77. The number of pyridine rings is 2. The highest BCUT2D eigenvalue weighted by Gasteiger charge is 2.63. The minimum Gasteiger partial charge on any atom is -0.362 e. The number of alkyl halides is 3. The molecule has 0 fully saturated rings. The van der Waals surface area contributed by atoms with Crippen molar-refractivity contribution in [1.29, 1.82) is 0 Å². The van der Waals surface area contributed by atoms with Gasteiger partial charge in [0.05, 0.1) is 28.0 Å². The lowest BCUT2D eigenvalue weighted by Gasteiger charge is -2.32. The van der Waals surface area contributed by atoms with Crippen molar-refractivity contribution in [2.45, 2.75) is 32.2 Å². The summed E-state index contributed by atoms with van der Waals surface area (Å²) in [6.07, 6.45) is -2.86. The maximum atomic E-state index is 13.9. The molecule has 178 valence electrons. The number of para-hydroxylation sites is 1. The summed E-state index contributed by atoms with van der Waals surface area (Å²) in [5.41, 5.74) is -1.43. The first-order valence-corrected chi connectivity index (χ1v) is 10.6. The predicted octanol–water partition coefficient (Wildman–Crippen LogP) is 4.26. The van der Waals surface area contributed by atoms with Crippen LogP contribution in [0.25, 0.3) is 28.0 Å². The zero-order valence-corrected chi connectivity index (χ0v) is 18.7. The lowest BCUT2D eigenvalue weighted by atomic mass is 10.0. The second-order valence-electron chi connectivity index (χ2n) is 8.27. The summed E-state index contributed by atoms with van der Waals surface area (Å²) < 4.78 is 43.1. The van der Waals surface area contributed by atoms with E-state index in [9.17, 15) is 23.1 Å². The van der Waals surface area contributed by atoms with Crippen molar-refractivity contribution in [3.05, 3.63) is 72.2 Å². The Morgan fingerprint density at radius 3 is 2.51 bits per heavy atom. The van der Waals surface area contributed by atoms with Crippen LogP contribution >= 0.6 is 0 Å². The highest BCUT2D eigenvalue weighted by molar-refractivity contribution is 6.09. The number of carbonyl (C=O) groups is 1. The van der Waals surface area contributed by atoms with Crippen LogP contribution in [0.5, 0.6) is 0 Å². The summed E-state index contributed by atoms with van der Waals surface area (Å²) in [5, 5.41) is 19.2. The first kappa shape index (κ1) is 22.7. The standard InChI is InChI=1S/C24H19F3N6O2/c1-14-12-23(35,24(25,26)27)33(30-14)22(34)18-11-19(16-7-6-10-28-13-16)29-21-20(18)15(2)31-32(21)17-8-4-3-5-9-17/h3-11,13,35H,12H2,1-2H3/t23-/m0/s1. The summed E-state index contributed by atoms with van der Waals surface area (Å²) >= 11 is 0. The largest absolute Gasteiger partial charge is 0.438 e. The number of nitrogens with zero attached hydrogens (tertiary/aromatic N) is 6. The fourth-order valence-corrected chi connectivity index (χ4v) is 4.14. The van der Waals surface area contributed by atoms with Crippen LogP contribution in [-0.2, 0) is 0 Å². The van der Waals surface area contributed by atoms with Gasteiger partial charge in [-0.1, -0.05) is 18.2 Å². The number of fused-ring (bicyclic) bond motifs is 1. The first-order valence-electron chi connectivity index (χ1n) is 10.6. The molecule has 0 spiro atoms. The second-order valence-corrected chi connectivity index (χ2v) is 8.27. The number of aromatic nitrogens is 4. The highest BCUT2D eigenvalue weighted by Crippen LogP contribution is 2.42. The lowest BCUT2D eigenvalue weighted by molar-refractivity contribution is -0.297. The van der Waals surface area contributed by atoms with Gasteiger partial charge < -0.3 is 5.11 Å². The monoisotopic (exact) mass is 480 g/mol. The smallest absolute Gasteiger partial charge is 0.362 e. The van der Waals surface area contributed by atoms with Gasteiger partial charge in [-0.3, -0.25) is 9.78 Å². The minimum absolute atomic E-state index is 0.0207. The SMILES string of the molecule is CC1=NN(C(=O)c2cc(-c3cccnc3)nc3c2c(C)nn3-c2ccccc2)[C@@](O)(C(F)(F)F)C1. The van der Waals surface area contributed by atoms with Gasteiger partial charge in [-0.15, -0.1) is 0 Å². The Bertz CT molecular complexity index is 1470. The van der Waals surface area contributed by atoms with E-state index in [-0.39, 0.29) is 27.3 Å². The predicted molar refractivity (Wildman–Crippen MR) is 122 cm³/mol. The van der Waals surface area contributed by atoms with Crippen LogP contribution in [0.15, 0.2) is 66.0 Å². The third kappa shape index (κ3) is 3.64. The van der Waals surface area contributed by atoms with E-state index in [2.05, 4.69) is 20.2 Å². The number of aryl methyl sites for hydroxylation is 1. The number of carbonyl (C=O) groups excluding carboxylic acids is 1. The highest BCUT2D eigenvalue weighted by atomic mass is 19.4. The normalized spacial score (nSPS) is 18.2. The van der Waals surface area contributed by atoms with E-state index in [0.29, 0.717) is 22.6 Å². The third-order valence-electron chi connectivity index (χ3n) is 5.77. The molecule has 1 atom stereocenters. The lowest BCUT2D eigenvalue weighted by Crippen LogP contribution is -2.56. The molecule has 0 saturated carbocycles. The molecule has 35 heavy (non-hydrogen) atoms. The first-order chi connectivity index (χ1) is 16.6. The van der Waals surface area contributed by atoms with Crippen LogP contribution in [0.4, 0.5) is 13.2 Å². The molecule has 0 aliphatic carbocycles. The Labute approximate surface area is 197 Å². The quantitative estimate of drug-likeness (QED) is 0.473. The van der Waals surface area contributed by atoms with E-state index >= 15 is 0 Å². The van der Waals surface area contributed by atoms with E-state index in [1.807, 2.05) is 6.07 Å². The van der Waals surface area contributed by atoms with Crippen molar-refractivity contribution in [2.24, 2.45) is 5.10 Å². The van der Waals surface area contributed by atoms with Crippen LogP contribution in [0.1, 0.15) is 29.4 Å². The van der Waals surface area contributed by atoms with Crippen LogP contribution in [0, 0.1) is 6.92 Å². The molecule has 8 nitrogen and oxygen atoms in total. The molecule has 0 bridgehead atoms. The molecule has 11 heteroatoms. The Kier molecular flexibility index (Phi) is 5.17. The summed E-state index contributed by atoms with van der Waals surface area (Å²) in [6.45, 7) is 2.96. The Morgan fingerprint density at radius 2 is 1.86 bits per heavy atom. The molecule has 1 N–H and O–H groups in total. The Balaban J connectivity index is 1.78. The second kappa shape index (κ2) is 7.98. The van der Waals surface area contributed by atoms with Crippen molar-refractivity contribution in [3.8, 4) is 16.9 Å². The van der Waals surface area contributed by atoms with Crippen LogP contribution in [0.2, 0.25) is 0 Å². The number of rotatable bonds is 3. The molecule has 1 aliphatic heterocycles. The summed E-state index contributed by atoms with van der Waals surface area (Å²) in [6, 6.07) is 13.8. The van der Waals surface area contributed by atoms with Crippen LogP contribution in [0.3, 0.4) is 0 Å². The van der Waals surface area contributed by atoms with Crippen molar-refractivity contribution in [2.75, 3.05) is 0 Å². The maximum Gasteiger partial charge on any atom is 0.438 e. The number of hydrogen-bond acceptors (Lipinski definition) is 6. The van der Waals surface area contributed by atoms with Crippen molar-refractivity contribution < 1.29 is 23.1 Å². The number of aliphatic hydroxyl groups is 1. The number of hydrogen-bond donors (Lipinski definition) is 1. The number of benzene rings is 1. The molecule has 0 unspecified atom stereocenters. The Morgan fingerprint density at radius 1 is 1.11 bits per heavy atom. The molecule has 4 heterocycles. The molecular weight excluding hydrogens is 461 g/mol. The fraction of sp³-hybridized carbons (Fsp3) is 0.208. The summed E-state index contributed by atoms with van der Waals surface area (Å²) in [5.74, 6) is -1.12. The van der Waals surface area contributed by atoms with Crippen molar-refractivity contribution in [3.63, 3.8) is 0 Å². The zero-order chi connectivity index (χ0) is 25.0. The Hall–Kier alpha value is -4.12. The number of halogens is 3. The molecule has 5 rings (SSSR count). The van der Waals surface area contributed by atoms with Gasteiger partial charge in [-0.25, -0.2) is 9.67 Å². The van der Waals surface area contributed by atoms with Crippen LogP contribution in [-0.4, -0.2) is 53.4 Å². The topological polar surface area (TPSA) is 96.5 Å². The number of hydrazone groups is 1. The average Bonchev–Trinajstić information content (AvgIpc) is 3.35. The van der Waals surface area contributed by atoms with E-state index in [0.717, 1.165) is 0 Å². The van der Waals surface area contributed by atoms with E-state index in [4.69, 9.17) is 0 Å². The van der Waals surface area contributed by atoms with Gasteiger partial charge in [0.15, 0.2) is 5.65 Å². The van der Waals surface area contributed by atoms with Gasteiger partial charge in [0.2, 0.25) is 0 Å². The maximum absolute atomic E-state index is 13.9. The fourth-order valence-electron chi connectivity index (χ4n) is 4.14.